The van der Waals surface area contributed by atoms with Crippen molar-refractivity contribution in [3.63, 3.8) is 0 Å². The fraction of sp³-hybridized carbons (Fsp3) is 0.368. The molecular formula is C19H21N3O4S. The maximum atomic E-state index is 12.6. The Morgan fingerprint density at radius 2 is 2.11 bits per heavy atom. The first-order valence-corrected chi connectivity index (χ1v) is 9.59. The van der Waals surface area contributed by atoms with Gasteiger partial charge in [0.1, 0.15) is 17.3 Å². The summed E-state index contributed by atoms with van der Waals surface area (Å²) in [5.74, 6) is 0.981. The number of ether oxygens (including phenoxy) is 1. The van der Waals surface area contributed by atoms with Crippen LogP contribution in [0.1, 0.15) is 36.5 Å². The van der Waals surface area contributed by atoms with Gasteiger partial charge in [-0.05, 0) is 30.9 Å². The Labute approximate surface area is 160 Å². The molecule has 0 amide bonds. The van der Waals surface area contributed by atoms with Gasteiger partial charge in [-0.1, -0.05) is 32.4 Å². The van der Waals surface area contributed by atoms with Crippen molar-refractivity contribution < 1.29 is 9.66 Å². The van der Waals surface area contributed by atoms with Gasteiger partial charge in [0, 0.05) is 10.9 Å². The minimum absolute atomic E-state index is 0.0479. The molecule has 7 nitrogen and oxygen atoms in total. The normalized spacial score (nSPS) is 12.3. The highest BCUT2D eigenvalue weighted by Gasteiger charge is 2.18. The number of hydrogen-bond donors (Lipinski definition) is 1. The fourth-order valence-electron chi connectivity index (χ4n) is 2.90. The lowest BCUT2D eigenvalue weighted by atomic mass is 9.98. The highest BCUT2D eigenvalue weighted by Crippen LogP contribution is 2.30. The van der Waals surface area contributed by atoms with E-state index in [4.69, 9.17) is 4.74 Å². The highest BCUT2D eigenvalue weighted by molar-refractivity contribution is 7.18. The molecule has 0 saturated heterocycles. The summed E-state index contributed by atoms with van der Waals surface area (Å²) in [6, 6.07) is 6.13. The minimum Gasteiger partial charge on any atom is -0.479 e. The van der Waals surface area contributed by atoms with Gasteiger partial charge in [0.25, 0.3) is 5.56 Å². The van der Waals surface area contributed by atoms with Gasteiger partial charge >= 0.3 is 5.69 Å². The largest absolute Gasteiger partial charge is 0.479 e. The second-order valence-corrected chi connectivity index (χ2v) is 7.76. The summed E-state index contributed by atoms with van der Waals surface area (Å²) in [4.78, 5) is 32.2. The third-order valence-electron chi connectivity index (χ3n) is 4.59. The van der Waals surface area contributed by atoms with E-state index in [2.05, 4.69) is 23.8 Å². The number of para-hydroxylation sites is 2. The van der Waals surface area contributed by atoms with Crippen LogP contribution in [0.3, 0.4) is 0 Å². The van der Waals surface area contributed by atoms with E-state index in [9.17, 15) is 14.9 Å². The zero-order valence-corrected chi connectivity index (χ0v) is 16.3. The number of aryl methyl sites for hydroxylation is 1. The molecule has 1 aromatic carbocycles. The van der Waals surface area contributed by atoms with Crippen molar-refractivity contribution in [1.82, 2.24) is 9.97 Å². The Balaban J connectivity index is 1.90. The standard InChI is InChI=1S/C19H21N3O4S/c1-4-11(2)9-13-12(3)27-19-17(13)18(23)20-16(21-19)10-26-15-8-6-5-7-14(15)22(24)25/h5-8,11H,4,9-10H2,1-3H3,(H,20,21,23)/t11-/m1/s1. The molecule has 0 unspecified atom stereocenters. The molecule has 0 aliphatic heterocycles. The quantitative estimate of drug-likeness (QED) is 0.479. The third-order valence-corrected chi connectivity index (χ3v) is 5.63. The number of H-pyrrole nitrogens is 1. The van der Waals surface area contributed by atoms with Gasteiger partial charge in [-0.15, -0.1) is 11.3 Å². The first-order chi connectivity index (χ1) is 12.9. The minimum atomic E-state index is -0.501. The summed E-state index contributed by atoms with van der Waals surface area (Å²) in [6.45, 7) is 6.26. The summed E-state index contributed by atoms with van der Waals surface area (Å²) in [6.07, 6.45) is 1.89. The van der Waals surface area contributed by atoms with Gasteiger partial charge < -0.3 is 9.72 Å². The van der Waals surface area contributed by atoms with Crippen molar-refractivity contribution in [2.24, 2.45) is 5.92 Å². The van der Waals surface area contributed by atoms with Crippen LogP contribution in [0, 0.1) is 23.0 Å². The molecule has 2 aromatic heterocycles. The van der Waals surface area contributed by atoms with Crippen LogP contribution in [-0.2, 0) is 13.0 Å². The lowest BCUT2D eigenvalue weighted by Gasteiger charge is -2.08. The molecule has 0 bridgehead atoms. The molecule has 3 aromatic rings. The SMILES string of the molecule is CC[C@@H](C)Cc1c(C)sc2nc(COc3ccccc3[N+](=O)[O-])[nH]c(=O)c12. The number of aromatic nitrogens is 2. The zero-order valence-electron chi connectivity index (χ0n) is 15.4. The zero-order chi connectivity index (χ0) is 19.6. The van der Waals surface area contributed by atoms with Crippen LogP contribution in [0.15, 0.2) is 29.1 Å². The molecule has 1 N–H and O–H groups in total. The summed E-state index contributed by atoms with van der Waals surface area (Å²) < 4.78 is 5.54. The van der Waals surface area contributed by atoms with Crippen molar-refractivity contribution in [2.45, 2.75) is 40.2 Å². The van der Waals surface area contributed by atoms with Gasteiger partial charge in [0.05, 0.1) is 10.3 Å². The molecule has 1 atom stereocenters. The average Bonchev–Trinajstić information content (AvgIpc) is 2.95. The molecule has 8 heteroatoms. The molecule has 0 spiro atoms. The lowest BCUT2D eigenvalue weighted by Crippen LogP contribution is -2.14. The Bertz CT molecular complexity index is 1040. The van der Waals surface area contributed by atoms with E-state index in [-0.39, 0.29) is 23.6 Å². The summed E-state index contributed by atoms with van der Waals surface area (Å²) in [7, 11) is 0. The number of rotatable bonds is 7. The predicted octanol–water partition coefficient (Wildman–Crippen LogP) is 4.37. The van der Waals surface area contributed by atoms with Gasteiger partial charge in [-0.3, -0.25) is 14.9 Å². The number of nitro benzene ring substituents is 1. The molecule has 0 saturated carbocycles. The van der Waals surface area contributed by atoms with Crippen molar-refractivity contribution in [3.8, 4) is 5.75 Å². The molecule has 0 fully saturated rings. The van der Waals surface area contributed by atoms with Crippen LogP contribution >= 0.6 is 11.3 Å². The Kier molecular flexibility index (Phi) is 5.55. The van der Waals surface area contributed by atoms with Crippen molar-refractivity contribution in [1.29, 1.82) is 0 Å². The fourth-order valence-corrected chi connectivity index (χ4v) is 3.98. The number of nitro groups is 1. The van der Waals surface area contributed by atoms with Crippen LogP contribution < -0.4 is 10.3 Å². The van der Waals surface area contributed by atoms with Crippen molar-refractivity contribution in [3.05, 3.63) is 61.0 Å². The second kappa shape index (κ2) is 7.87. The topological polar surface area (TPSA) is 98.1 Å². The van der Waals surface area contributed by atoms with Crippen molar-refractivity contribution in [2.75, 3.05) is 0 Å². The maximum absolute atomic E-state index is 12.6. The van der Waals surface area contributed by atoms with Crippen LogP contribution in [-0.4, -0.2) is 14.9 Å². The maximum Gasteiger partial charge on any atom is 0.310 e. The second-order valence-electron chi connectivity index (χ2n) is 6.56. The summed E-state index contributed by atoms with van der Waals surface area (Å²) in [5, 5.41) is 11.7. The van der Waals surface area contributed by atoms with Crippen LogP contribution in [0.25, 0.3) is 10.2 Å². The van der Waals surface area contributed by atoms with E-state index in [0.29, 0.717) is 22.0 Å². The number of benzene rings is 1. The molecule has 0 radical (unpaired) electrons. The monoisotopic (exact) mass is 387 g/mol. The number of nitrogens with zero attached hydrogens (tertiary/aromatic N) is 2. The van der Waals surface area contributed by atoms with Crippen LogP contribution in [0.4, 0.5) is 5.69 Å². The first kappa shape index (κ1) is 19.0. The molecule has 0 aliphatic carbocycles. The van der Waals surface area contributed by atoms with E-state index in [1.165, 1.54) is 23.5 Å². The molecule has 142 valence electrons. The van der Waals surface area contributed by atoms with Gasteiger partial charge in [-0.2, -0.15) is 0 Å². The number of aromatic amines is 1. The predicted molar refractivity (Wildman–Crippen MR) is 106 cm³/mol. The highest BCUT2D eigenvalue weighted by atomic mass is 32.1. The number of nitrogens with one attached hydrogen (secondary N) is 1. The van der Waals surface area contributed by atoms with E-state index in [1.54, 1.807) is 12.1 Å². The average molecular weight is 387 g/mol. The van der Waals surface area contributed by atoms with Gasteiger partial charge in [0.2, 0.25) is 0 Å². The number of fused-ring (bicyclic) bond motifs is 1. The van der Waals surface area contributed by atoms with Crippen molar-refractivity contribution >= 4 is 27.2 Å². The molecule has 2 heterocycles. The van der Waals surface area contributed by atoms with Crippen LogP contribution in [0.2, 0.25) is 0 Å². The van der Waals surface area contributed by atoms with E-state index < -0.39 is 4.92 Å². The number of thiophene rings is 1. The molecular weight excluding hydrogens is 366 g/mol. The van der Waals surface area contributed by atoms with E-state index in [0.717, 1.165) is 23.3 Å². The molecule has 0 aliphatic rings. The third kappa shape index (κ3) is 4.00. The van der Waals surface area contributed by atoms with E-state index >= 15 is 0 Å². The van der Waals surface area contributed by atoms with Gasteiger partial charge in [0.15, 0.2) is 5.75 Å². The number of hydrogen-bond acceptors (Lipinski definition) is 6. The lowest BCUT2D eigenvalue weighted by molar-refractivity contribution is -0.385. The summed E-state index contributed by atoms with van der Waals surface area (Å²) in [5.41, 5.74) is 0.747. The summed E-state index contributed by atoms with van der Waals surface area (Å²) >= 11 is 1.49. The van der Waals surface area contributed by atoms with Crippen LogP contribution in [0.5, 0.6) is 5.75 Å². The first-order valence-electron chi connectivity index (χ1n) is 8.78. The smallest absolute Gasteiger partial charge is 0.310 e. The molecule has 3 rings (SSSR count). The van der Waals surface area contributed by atoms with Gasteiger partial charge in [-0.25, -0.2) is 4.98 Å². The Morgan fingerprint density at radius 1 is 1.37 bits per heavy atom. The Hall–Kier alpha value is -2.74. The van der Waals surface area contributed by atoms with E-state index in [1.807, 2.05) is 6.92 Å². The Morgan fingerprint density at radius 3 is 2.81 bits per heavy atom. The molecule has 27 heavy (non-hydrogen) atoms.